The van der Waals surface area contributed by atoms with Gasteiger partial charge in [-0.15, -0.1) is 0 Å². The SMILES string of the molecule is CC(C)(C)OC(=O)CS(=O)(=O)NCC(C)(O)c1ccc(Br)cc1. The Labute approximate surface area is 145 Å². The van der Waals surface area contributed by atoms with E-state index in [1.807, 2.05) is 0 Å². The molecule has 0 radical (unpaired) electrons. The molecule has 0 spiro atoms. The van der Waals surface area contributed by atoms with Crippen molar-refractivity contribution in [2.24, 2.45) is 0 Å². The van der Waals surface area contributed by atoms with Crippen LogP contribution in [0.4, 0.5) is 0 Å². The van der Waals surface area contributed by atoms with Crippen molar-refractivity contribution in [3.8, 4) is 0 Å². The molecule has 2 N–H and O–H groups in total. The van der Waals surface area contributed by atoms with Gasteiger partial charge in [0.1, 0.15) is 11.2 Å². The van der Waals surface area contributed by atoms with E-state index in [0.29, 0.717) is 5.56 Å². The summed E-state index contributed by atoms with van der Waals surface area (Å²) in [6.07, 6.45) is 0. The fourth-order valence-electron chi connectivity index (χ4n) is 1.74. The molecule has 1 rings (SSSR count). The van der Waals surface area contributed by atoms with E-state index in [1.54, 1.807) is 45.0 Å². The minimum Gasteiger partial charge on any atom is -0.459 e. The van der Waals surface area contributed by atoms with Gasteiger partial charge in [-0.05, 0) is 45.4 Å². The molecular weight excluding hydrogens is 386 g/mol. The molecule has 1 atom stereocenters. The van der Waals surface area contributed by atoms with E-state index in [-0.39, 0.29) is 6.54 Å². The van der Waals surface area contributed by atoms with Gasteiger partial charge in [0.25, 0.3) is 0 Å². The van der Waals surface area contributed by atoms with Crippen LogP contribution in [0.25, 0.3) is 0 Å². The van der Waals surface area contributed by atoms with Crippen molar-refractivity contribution in [1.29, 1.82) is 0 Å². The highest BCUT2D eigenvalue weighted by Crippen LogP contribution is 2.22. The zero-order chi connectivity index (χ0) is 17.9. The maximum atomic E-state index is 11.9. The highest BCUT2D eigenvalue weighted by molar-refractivity contribution is 9.10. The van der Waals surface area contributed by atoms with E-state index < -0.39 is 32.9 Å². The lowest BCUT2D eigenvalue weighted by Gasteiger charge is -2.24. The summed E-state index contributed by atoms with van der Waals surface area (Å²) in [6, 6.07) is 6.87. The molecule has 0 fully saturated rings. The Morgan fingerprint density at radius 2 is 1.74 bits per heavy atom. The van der Waals surface area contributed by atoms with Crippen molar-refractivity contribution in [3.63, 3.8) is 0 Å². The van der Waals surface area contributed by atoms with Crippen LogP contribution < -0.4 is 4.72 Å². The molecule has 0 aliphatic heterocycles. The molecule has 0 aliphatic carbocycles. The zero-order valence-corrected chi connectivity index (χ0v) is 16.0. The number of carbonyl (C=O) groups excluding carboxylic acids is 1. The van der Waals surface area contributed by atoms with Crippen LogP contribution in [0.15, 0.2) is 28.7 Å². The smallest absolute Gasteiger partial charge is 0.323 e. The lowest BCUT2D eigenvalue weighted by Crippen LogP contribution is -2.41. The Balaban J connectivity index is 2.68. The Morgan fingerprint density at radius 1 is 1.22 bits per heavy atom. The second kappa shape index (κ2) is 7.29. The molecule has 0 amide bonds. The molecule has 8 heteroatoms. The van der Waals surface area contributed by atoms with Crippen LogP contribution >= 0.6 is 15.9 Å². The predicted molar refractivity (Wildman–Crippen MR) is 91.3 cm³/mol. The van der Waals surface area contributed by atoms with Gasteiger partial charge in [0.2, 0.25) is 10.0 Å². The summed E-state index contributed by atoms with van der Waals surface area (Å²) in [7, 11) is -3.90. The number of sulfonamides is 1. The van der Waals surface area contributed by atoms with E-state index in [0.717, 1.165) is 4.47 Å². The van der Waals surface area contributed by atoms with Gasteiger partial charge < -0.3 is 9.84 Å². The molecule has 0 heterocycles. The minimum absolute atomic E-state index is 0.250. The van der Waals surface area contributed by atoms with Gasteiger partial charge in [-0.3, -0.25) is 4.79 Å². The van der Waals surface area contributed by atoms with Crippen molar-refractivity contribution in [1.82, 2.24) is 4.72 Å². The Kier molecular flexibility index (Phi) is 6.37. The summed E-state index contributed by atoms with van der Waals surface area (Å²) >= 11 is 3.29. The van der Waals surface area contributed by atoms with E-state index in [2.05, 4.69) is 20.7 Å². The first kappa shape index (κ1) is 20.1. The summed E-state index contributed by atoms with van der Waals surface area (Å²) < 4.78 is 31.9. The zero-order valence-electron chi connectivity index (χ0n) is 13.6. The second-order valence-corrected chi connectivity index (χ2v) is 9.17. The lowest BCUT2D eigenvalue weighted by molar-refractivity contribution is -0.151. The molecular formula is C15H22BrNO5S. The van der Waals surface area contributed by atoms with Crippen molar-refractivity contribution >= 4 is 31.9 Å². The molecule has 130 valence electrons. The Hall–Kier alpha value is -0.960. The first-order valence-corrected chi connectivity index (χ1v) is 9.43. The number of nitrogens with one attached hydrogen (secondary N) is 1. The van der Waals surface area contributed by atoms with Crippen LogP contribution in [-0.4, -0.2) is 37.4 Å². The van der Waals surface area contributed by atoms with Crippen LogP contribution in [0.5, 0.6) is 0 Å². The van der Waals surface area contributed by atoms with Crippen molar-refractivity contribution in [3.05, 3.63) is 34.3 Å². The number of aliphatic hydroxyl groups is 1. The standard InChI is InChI=1S/C15H22BrNO5S/c1-14(2,3)22-13(18)9-23(20,21)17-10-15(4,19)11-5-7-12(16)8-6-11/h5-8,17,19H,9-10H2,1-4H3. The van der Waals surface area contributed by atoms with Crippen LogP contribution in [0.1, 0.15) is 33.3 Å². The third kappa shape index (κ3) is 7.43. The number of rotatable bonds is 6. The molecule has 0 aliphatic rings. The van der Waals surface area contributed by atoms with Crippen molar-refractivity contribution in [2.75, 3.05) is 12.3 Å². The molecule has 1 unspecified atom stereocenters. The number of hydrogen-bond acceptors (Lipinski definition) is 5. The monoisotopic (exact) mass is 407 g/mol. The quantitative estimate of drug-likeness (QED) is 0.702. The number of ether oxygens (including phenoxy) is 1. The average molecular weight is 408 g/mol. The maximum Gasteiger partial charge on any atom is 0.323 e. The van der Waals surface area contributed by atoms with Crippen LogP contribution in [-0.2, 0) is 25.2 Å². The summed E-state index contributed by atoms with van der Waals surface area (Å²) in [5.41, 5.74) is -1.60. The van der Waals surface area contributed by atoms with Crippen molar-refractivity contribution in [2.45, 2.75) is 38.9 Å². The first-order valence-electron chi connectivity index (χ1n) is 6.98. The molecule has 0 bridgehead atoms. The summed E-state index contributed by atoms with van der Waals surface area (Å²) in [6.45, 7) is 6.21. The molecule has 0 saturated carbocycles. The summed E-state index contributed by atoms with van der Waals surface area (Å²) in [5.74, 6) is -1.63. The average Bonchev–Trinajstić information content (AvgIpc) is 2.34. The predicted octanol–water partition coefficient (Wildman–Crippen LogP) is 1.92. The maximum absolute atomic E-state index is 11.9. The number of benzene rings is 1. The molecule has 0 saturated heterocycles. The Bertz CT molecular complexity index is 647. The molecule has 6 nitrogen and oxygen atoms in total. The summed E-state index contributed by atoms with van der Waals surface area (Å²) in [4.78, 5) is 11.6. The molecule has 0 aromatic heterocycles. The normalized spacial score (nSPS) is 15.0. The topological polar surface area (TPSA) is 92.7 Å². The molecule has 1 aromatic rings. The van der Waals surface area contributed by atoms with E-state index in [1.165, 1.54) is 6.92 Å². The Morgan fingerprint density at radius 3 is 2.22 bits per heavy atom. The van der Waals surface area contributed by atoms with Gasteiger partial charge in [0, 0.05) is 11.0 Å². The van der Waals surface area contributed by atoms with Gasteiger partial charge in [-0.2, -0.15) is 0 Å². The van der Waals surface area contributed by atoms with Gasteiger partial charge in [-0.1, -0.05) is 28.1 Å². The van der Waals surface area contributed by atoms with Gasteiger partial charge >= 0.3 is 5.97 Å². The van der Waals surface area contributed by atoms with Crippen LogP contribution in [0.2, 0.25) is 0 Å². The fraction of sp³-hybridized carbons (Fsp3) is 0.533. The summed E-state index contributed by atoms with van der Waals surface area (Å²) in [5, 5.41) is 10.4. The van der Waals surface area contributed by atoms with Gasteiger partial charge in [-0.25, -0.2) is 13.1 Å². The third-order valence-electron chi connectivity index (χ3n) is 2.83. The fourth-order valence-corrected chi connectivity index (χ4v) is 2.98. The van der Waals surface area contributed by atoms with Gasteiger partial charge in [0.05, 0.1) is 0 Å². The number of hydrogen-bond donors (Lipinski definition) is 2. The largest absolute Gasteiger partial charge is 0.459 e. The van der Waals surface area contributed by atoms with Gasteiger partial charge in [0.15, 0.2) is 5.75 Å². The van der Waals surface area contributed by atoms with Crippen molar-refractivity contribution < 1.29 is 23.1 Å². The van der Waals surface area contributed by atoms with E-state index in [9.17, 15) is 18.3 Å². The van der Waals surface area contributed by atoms with Crippen LogP contribution in [0, 0.1) is 0 Å². The number of carbonyl (C=O) groups is 1. The van der Waals surface area contributed by atoms with Crippen LogP contribution in [0.3, 0.4) is 0 Å². The minimum atomic E-state index is -3.90. The number of esters is 1. The first-order chi connectivity index (χ1) is 10.3. The van der Waals surface area contributed by atoms with E-state index in [4.69, 9.17) is 4.74 Å². The lowest BCUT2D eigenvalue weighted by atomic mass is 9.97. The highest BCUT2D eigenvalue weighted by Gasteiger charge is 2.28. The second-order valence-electron chi connectivity index (χ2n) is 6.45. The van der Waals surface area contributed by atoms with E-state index >= 15 is 0 Å². The number of halogens is 1. The third-order valence-corrected chi connectivity index (χ3v) is 4.56. The molecule has 23 heavy (non-hydrogen) atoms. The molecule has 1 aromatic carbocycles. The highest BCUT2D eigenvalue weighted by atomic mass is 79.9.